The molecule has 1 saturated heterocycles. The highest BCUT2D eigenvalue weighted by atomic mass is 32.2. The van der Waals surface area contributed by atoms with E-state index in [1.807, 2.05) is 9.80 Å². The van der Waals surface area contributed by atoms with Gasteiger partial charge in [-0.2, -0.15) is 0 Å². The van der Waals surface area contributed by atoms with Crippen molar-refractivity contribution in [1.82, 2.24) is 9.80 Å². The second kappa shape index (κ2) is 12.4. The van der Waals surface area contributed by atoms with Gasteiger partial charge in [-0.1, -0.05) is 35.7 Å². The molecule has 0 radical (unpaired) electrons. The highest BCUT2D eigenvalue weighted by Crippen LogP contribution is 2.16. The molecule has 1 aliphatic rings. The maximum atomic E-state index is 10.7. The molecule has 0 unspecified atom stereocenters. The summed E-state index contributed by atoms with van der Waals surface area (Å²) in [6.07, 6.45) is 3.29. The Labute approximate surface area is 161 Å². The summed E-state index contributed by atoms with van der Waals surface area (Å²) in [5, 5.41) is 22.7. The summed E-state index contributed by atoms with van der Waals surface area (Å²) in [5.41, 5.74) is 0. The van der Waals surface area contributed by atoms with Crippen LogP contribution in [0.1, 0.15) is 0 Å². The lowest BCUT2D eigenvalue weighted by molar-refractivity contribution is -0.302. The van der Waals surface area contributed by atoms with Crippen molar-refractivity contribution in [1.29, 1.82) is 0 Å². The third-order valence-electron chi connectivity index (χ3n) is 3.17. The van der Waals surface area contributed by atoms with Crippen LogP contribution in [0.4, 0.5) is 0 Å². The van der Waals surface area contributed by atoms with Crippen LogP contribution in [-0.2, 0) is 9.59 Å². The first-order valence-corrected chi connectivity index (χ1v) is 9.91. The third-order valence-corrected chi connectivity index (χ3v) is 5.22. The molecule has 0 aromatic rings. The van der Waals surface area contributed by atoms with E-state index >= 15 is 0 Å². The van der Waals surface area contributed by atoms with Crippen LogP contribution < -0.4 is 10.2 Å². The summed E-state index contributed by atoms with van der Waals surface area (Å²) in [6, 6.07) is 0. The molecule has 0 aliphatic carbocycles. The van der Waals surface area contributed by atoms with Gasteiger partial charge in [0.05, 0.1) is 25.0 Å². The fourth-order valence-electron chi connectivity index (χ4n) is 2.10. The number of nitrogens with zero attached hydrogens (tertiary/aromatic N) is 4. The van der Waals surface area contributed by atoms with Crippen molar-refractivity contribution >= 4 is 45.8 Å². The molecule has 0 amide bonds. The van der Waals surface area contributed by atoms with Gasteiger partial charge in [0.2, 0.25) is 0 Å². The van der Waals surface area contributed by atoms with Crippen molar-refractivity contribution in [3.63, 3.8) is 0 Å². The zero-order chi connectivity index (χ0) is 19.4. The first-order chi connectivity index (χ1) is 12.5. The Bertz CT molecular complexity index is 523. The monoisotopic (exact) mass is 398 g/mol. The average molecular weight is 399 g/mol. The lowest BCUT2D eigenvalue weighted by atomic mass is 10.3. The molecule has 1 heterocycles. The molecule has 1 rings (SSSR count). The number of carbonyl (C=O) groups excluding carboxylic acids is 2. The maximum absolute atomic E-state index is 10.7. The van der Waals surface area contributed by atoms with E-state index in [1.54, 1.807) is 12.2 Å². The molecule has 1 aliphatic heterocycles. The van der Waals surface area contributed by atoms with Gasteiger partial charge in [-0.15, -0.1) is 13.2 Å². The van der Waals surface area contributed by atoms with Gasteiger partial charge in [-0.3, -0.25) is 9.98 Å². The van der Waals surface area contributed by atoms with Crippen molar-refractivity contribution in [2.24, 2.45) is 9.98 Å². The van der Waals surface area contributed by atoms with Crippen molar-refractivity contribution in [3.05, 3.63) is 25.3 Å². The van der Waals surface area contributed by atoms with Crippen molar-refractivity contribution in [2.75, 3.05) is 50.8 Å². The van der Waals surface area contributed by atoms with Crippen LogP contribution >= 0.6 is 23.5 Å². The Morgan fingerprint density at radius 3 is 1.46 bits per heavy atom. The van der Waals surface area contributed by atoms with E-state index in [1.165, 1.54) is 0 Å². The number of hydrogen-bond acceptors (Lipinski definition) is 8. The quantitative estimate of drug-likeness (QED) is 0.280. The first-order valence-electron chi connectivity index (χ1n) is 7.93. The number of carboxylic acids is 2. The Balaban J connectivity index is 2.70. The van der Waals surface area contributed by atoms with E-state index in [9.17, 15) is 19.8 Å². The molecule has 1 fully saturated rings. The van der Waals surface area contributed by atoms with Crippen molar-refractivity contribution in [2.45, 2.75) is 0 Å². The standard InChI is InChI=1S/C16H24N4O4S2/c1-3-5-17-15(25-11-13(21)22)19-7-9-20(10-8-19)16(18-6-4-2)26-12-14(23)24/h3-4H,1-2,5-12H2,(H,21,22)(H,23,24)/p-2. The van der Waals surface area contributed by atoms with Gasteiger partial charge in [-0.25, -0.2) is 0 Å². The fourth-order valence-corrected chi connectivity index (χ4v) is 3.65. The van der Waals surface area contributed by atoms with Gasteiger partial charge in [0.15, 0.2) is 10.3 Å². The van der Waals surface area contributed by atoms with Crippen LogP contribution in [0.2, 0.25) is 0 Å². The van der Waals surface area contributed by atoms with E-state index in [4.69, 9.17) is 0 Å². The number of carboxylic acid groups (broad SMARTS) is 2. The smallest absolute Gasteiger partial charge is 0.159 e. The number of carbonyl (C=O) groups is 2. The van der Waals surface area contributed by atoms with Crippen molar-refractivity contribution < 1.29 is 19.8 Å². The fraction of sp³-hybridized carbons (Fsp3) is 0.500. The SMILES string of the molecule is C=CCN=C(SCC(=O)[O-])N1CCN(C(=NCC=C)SCC(=O)[O-])CC1. The lowest BCUT2D eigenvalue weighted by Crippen LogP contribution is -2.50. The van der Waals surface area contributed by atoms with Crippen LogP contribution in [0, 0.1) is 0 Å². The zero-order valence-electron chi connectivity index (χ0n) is 14.5. The summed E-state index contributed by atoms with van der Waals surface area (Å²) in [6.45, 7) is 10.5. The Kier molecular flexibility index (Phi) is 10.6. The minimum Gasteiger partial charge on any atom is -0.549 e. The summed E-state index contributed by atoms with van der Waals surface area (Å²) in [5.74, 6) is -2.61. The molecule has 144 valence electrons. The number of hydrogen-bond donors (Lipinski definition) is 0. The summed E-state index contributed by atoms with van der Waals surface area (Å²) < 4.78 is 0. The second-order valence-corrected chi connectivity index (χ2v) is 7.00. The largest absolute Gasteiger partial charge is 0.549 e. The number of piperazine rings is 1. The Hall–Kier alpha value is -1.94. The van der Waals surface area contributed by atoms with Crippen LogP contribution in [0.3, 0.4) is 0 Å². The topological polar surface area (TPSA) is 111 Å². The average Bonchev–Trinajstić information content (AvgIpc) is 2.62. The molecule has 0 atom stereocenters. The summed E-state index contributed by atoms with van der Waals surface area (Å²) >= 11 is 2.25. The third kappa shape index (κ3) is 8.43. The molecule has 10 heteroatoms. The van der Waals surface area contributed by atoms with E-state index < -0.39 is 11.9 Å². The lowest BCUT2D eigenvalue weighted by Gasteiger charge is -2.37. The summed E-state index contributed by atoms with van der Waals surface area (Å²) in [4.78, 5) is 34.2. The predicted octanol–water partition coefficient (Wildman–Crippen LogP) is -1.35. The van der Waals surface area contributed by atoms with E-state index in [0.29, 0.717) is 49.6 Å². The molecule has 0 N–H and O–H groups in total. The van der Waals surface area contributed by atoms with Gasteiger partial charge < -0.3 is 29.6 Å². The first kappa shape index (κ1) is 22.1. The highest BCUT2D eigenvalue weighted by molar-refractivity contribution is 8.14. The van der Waals surface area contributed by atoms with Gasteiger partial charge in [0, 0.05) is 37.7 Å². The predicted molar refractivity (Wildman–Crippen MR) is 103 cm³/mol. The molecular weight excluding hydrogens is 376 g/mol. The molecule has 0 spiro atoms. The maximum Gasteiger partial charge on any atom is 0.159 e. The van der Waals surface area contributed by atoms with Crippen molar-refractivity contribution in [3.8, 4) is 0 Å². The van der Waals surface area contributed by atoms with Gasteiger partial charge >= 0.3 is 0 Å². The molecule has 0 saturated carbocycles. The molecule has 0 aromatic carbocycles. The highest BCUT2D eigenvalue weighted by Gasteiger charge is 2.22. The van der Waals surface area contributed by atoms with Gasteiger partial charge in [0.25, 0.3) is 0 Å². The van der Waals surface area contributed by atoms with Crippen LogP contribution in [0.15, 0.2) is 35.3 Å². The van der Waals surface area contributed by atoms with E-state index in [-0.39, 0.29) is 11.5 Å². The Morgan fingerprint density at radius 1 is 0.846 bits per heavy atom. The molecule has 0 bridgehead atoms. The number of rotatable bonds is 8. The number of thioether (sulfide) groups is 2. The second-order valence-electron chi connectivity index (χ2n) is 5.12. The number of aliphatic imine (C=N–C) groups is 2. The summed E-state index contributed by atoms with van der Waals surface area (Å²) in [7, 11) is 0. The van der Waals surface area contributed by atoms with Crippen LogP contribution in [0.5, 0.6) is 0 Å². The number of amidine groups is 2. The normalized spacial score (nSPS) is 15.7. The van der Waals surface area contributed by atoms with Crippen LogP contribution in [-0.4, -0.2) is 82.8 Å². The van der Waals surface area contributed by atoms with Gasteiger partial charge in [-0.05, 0) is 0 Å². The molecular formula is C16H22N4O4S2-2. The molecule has 0 aromatic heterocycles. The minimum atomic E-state index is -1.14. The van der Waals surface area contributed by atoms with E-state index in [2.05, 4.69) is 23.1 Å². The van der Waals surface area contributed by atoms with Gasteiger partial charge in [0.1, 0.15) is 0 Å². The van der Waals surface area contributed by atoms with E-state index in [0.717, 1.165) is 23.5 Å². The Morgan fingerprint density at radius 2 is 1.19 bits per heavy atom. The zero-order valence-corrected chi connectivity index (χ0v) is 16.1. The number of aliphatic carboxylic acids is 2. The minimum absolute atomic E-state index is 0.163. The molecule has 8 nitrogen and oxygen atoms in total. The molecule has 26 heavy (non-hydrogen) atoms. The van der Waals surface area contributed by atoms with Crippen LogP contribution in [0.25, 0.3) is 0 Å².